The molecule has 168 valence electrons. The van der Waals surface area contributed by atoms with Crippen LogP contribution in [0.2, 0.25) is 0 Å². The molecule has 1 atom stereocenters. The summed E-state index contributed by atoms with van der Waals surface area (Å²) in [5.74, 6) is -0.124. The summed E-state index contributed by atoms with van der Waals surface area (Å²) < 4.78 is 37.6. The molecule has 2 aliphatic heterocycles. The number of hydrogen-bond acceptors (Lipinski definition) is 7. The Morgan fingerprint density at radius 3 is 2.50 bits per heavy atom. The van der Waals surface area contributed by atoms with Crippen molar-refractivity contribution in [1.82, 2.24) is 14.9 Å². The van der Waals surface area contributed by atoms with Crippen molar-refractivity contribution in [2.45, 2.75) is 36.6 Å². The van der Waals surface area contributed by atoms with Crippen LogP contribution in [0.25, 0.3) is 0 Å². The highest BCUT2D eigenvalue weighted by atomic mass is 32.2. The van der Waals surface area contributed by atoms with E-state index >= 15 is 0 Å². The number of carbonyl (C=O) groups is 1. The van der Waals surface area contributed by atoms with Crippen molar-refractivity contribution in [2.24, 2.45) is 5.92 Å². The van der Waals surface area contributed by atoms with Crippen LogP contribution >= 0.6 is 0 Å². The molecular weight excluding hydrogens is 433 g/mol. The first-order valence-corrected chi connectivity index (χ1v) is 12.4. The molecule has 2 aliphatic rings. The zero-order valence-electron chi connectivity index (χ0n) is 17.7. The van der Waals surface area contributed by atoms with Crippen LogP contribution in [-0.2, 0) is 21.1 Å². The van der Waals surface area contributed by atoms with Gasteiger partial charge >= 0.3 is 0 Å². The lowest BCUT2D eigenvalue weighted by Crippen LogP contribution is -2.46. The fourth-order valence-electron chi connectivity index (χ4n) is 4.45. The minimum absolute atomic E-state index is 0.0354. The van der Waals surface area contributed by atoms with E-state index in [2.05, 4.69) is 14.9 Å². The molecule has 10 heteroatoms. The van der Waals surface area contributed by atoms with Gasteiger partial charge in [0.1, 0.15) is 17.7 Å². The highest BCUT2D eigenvalue weighted by Gasteiger charge is 2.37. The third-order valence-electron chi connectivity index (χ3n) is 6.25. The maximum atomic E-state index is 14.4. The number of piperidine rings is 1. The first-order valence-electron chi connectivity index (χ1n) is 10.5. The first kappa shape index (κ1) is 22.1. The number of rotatable bonds is 5. The average Bonchev–Trinajstić information content (AvgIpc) is 3.14. The van der Waals surface area contributed by atoms with Crippen molar-refractivity contribution >= 4 is 21.6 Å². The van der Waals surface area contributed by atoms with Crippen LogP contribution in [0, 0.1) is 23.1 Å². The molecule has 2 fully saturated rings. The molecule has 2 aromatic rings. The maximum Gasteiger partial charge on any atom is 0.226 e. The van der Waals surface area contributed by atoms with Crippen molar-refractivity contribution in [3.63, 3.8) is 0 Å². The van der Waals surface area contributed by atoms with Gasteiger partial charge in [0.25, 0.3) is 0 Å². The van der Waals surface area contributed by atoms with E-state index in [1.807, 2.05) is 11.0 Å². The van der Waals surface area contributed by atoms with Gasteiger partial charge in [0.2, 0.25) is 5.91 Å². The Balaban J connectivity index is 1.35. The van der Waals surface area contributed by atoms with E-state index in [0.717, 1.165) is 44.1 Å². The lowest BCUT2D eigenvalue weighted by Gasteiger charge is -2.37. The number of benzene rings is 1. The molecular formula is C22H24FN5O3S. The molecule has 0 spiro atoms. The normalized spacial score (nSPS) is 19.9. The van der Waals surface area contributed by atoms with Crippen molar-refractivity contribution < 1.29 is 17.6 Å². The monoisotopic (exact) mass is 457 g/mol. The van der Waals surface area contributed by atoms with Crippen LogP contribution in [0.1, 0.15) is 30.5 Å². The summed E-state index contributed by atoms with van der Waals surface area (Å²) >= 11 is 0. The number of carbonyl (C=O) groups excluding carboxylic acids is 1. The molecule has 0 N–H and O–H groups in total. The summed E-state index contributed by atoms with van der Waals surface area (Å²) in [4.78, 5) is 25.3. The molecule has 1 amide bonds. The number of hydrogen-bond donors (Lipinski definition) is 0. The molecule has 0 aliphatic carbocycles. The lowest BCUT2D eigenvalue weighted by atomic mass is 9.97. The van der Waals surface area contributed by atoms with Crippen LogP contribution in [0.4, 0.5) is 10.2 Å². The van der Waals surface area contributed by atoms with Crippen molar-refractivity contribution in [3.8, 4) is 6.07 Å². The summed E-state index contributed by atoms with van der Waals surface area (Å²) in [6.07, 6.45) is 6.63. The molecule has 1 aromatic carbocycles. The topological polar surface area (TPSA) is 107 Å². The Morgan fingerprint density at radius 2 is 1.91 bits per heavy atom. The van der Waals surface area contributed by atoms with E-state index < -0.39 is 15.7 Å². The van der Waals surface area contributed by atoms with Crippen molar-refractivity contribution in [1.29, 1.82) is 5.26 Å². The number of halogens is 1. The summed E-state index contributed by atoms with van der Waals surface area (Å²) in [7, 11) is -3.47. The van der Waals surface area contributed by atoms with Gasteiger partial charge in [-0.05, 0) is 43.4 Å². The second-order valence-electron chi connectivity index (χ2n) is 8.34. The number of nitrogens with zero attached hydrogens (tertiary/aromatic N) is 5. The molecule has 3 heterocycles. The molecule has 32 heavy (non-hydrogen) atoms. The third kappa shape index (κ3) is 4.58. The van der Waals surface area contributed by atoms with Crippen LogP contribution in [0.15, 0.2) is 35.5 Å². The highest BCUT2D eigenvalue weighted by molar-refractivity contribution is 7.90. The Labute approximate surface area is 186 Å². The number of aromatic nitrogens is 2. The zero-order chi connectivity index (χ0) is 22.9. The quantitative estimate of drug-likeness (QED) is 0.675. The second kappa shape index (κ2) is 8.82. The predicted octanol–water partition coefficient (Wildman–Crippen LogP) is 1.95. The van der Waals surface area contributed by atoms with E-state index in [4.69, 9.17) is 5.26 Å². The van der Waals surface area contributed by atoms with Crippen LogP contribution in [0.5, 0.6) is 0 Å². The fourth-order valence-corrected chi connectivity index (χ4v) is 5.09. The highest BCUT2D eigenvalue weighted by Crippen LogP contribution is 2.30. The maximum absolute atomic E-state index is 14.4. The lowest BCUT2D eigenvalue weighted by molar-refractivity contribution is -0.133. The predicted molar refractivity (Wildman–Crippen MR) is 115 cm³/mol. The Bertz CT molecular complexity index is 1160. The van der Waals surface area contributed by atoms with E-state index in [9.17, 15) is 17.6 Å². The third-order valence-corrected chi connectivity index (χ3v) is 7.36. The molecule has 2 saturated heterocycles. The Hall–Kier alpha value is -3.06. The van der Waals surface area contributed by atoms with Gasteiger partial charge < -0.3 is 9.80 Å². The molecule has 8 nitrogen and oxygen atoms in total. The Kier molecular flexibility index (Phi) is 6.11. The van der Waals surface area contributed by atoms with Crippen LogP contribution in [-0.4, -0.2) is 61.1 Å². The largest absolute Gasteiger partial charge is 0.355 e. The number of anilines is 1. The number of amides is 1. The summed E-state index contributed by atoms with van der Waals surface area (Å²) in [6, 6.07) is 5.98. The van der Waals surface area contributed by atoms with Gasteiger partial charge in [-0.3, -0.25) is 4.79 Å². The fraction of sp³-hybridized carbons (Fsp3) is 0.455. The smallest absolute Gasteiger partial charge is 0.226 e. The summed E-state index contributed by atoms with van der Waals surface area (Å²) in [5, 5.41) is 8.85. The van der Waals surface area contributed by atoms with Gasteiger partial charge in [0, 0.05) is 37.8 Å². The second-order valence-corrected chi connectivity index (χ2v) is 10.4. The molecule has 0 saturated carbocycles. The number of likely N-dealkylation sites (tertiary alicyclic amines) is 1. The molecule has 1 aromatic heterocycles. The summed E-state index contributed by atoms with van der Waals surface area (Å²) in [6.45, 7) is 2.12. The van der Waals surface area contributed by atoms with E-state index in [0.29, 0.717) is 18.5 Å². The zero-order valence-corrected chi connectivity index (χ0v) is 18.6. The number of nitriles is 1. The van der Waals surface area contributed by atoms with Gasteiger partial charge in [0.05, 0.1) is 17.3 Å². The molecule has 0 unspecified atom stereocenters. The summed E-state index contributed by atoms with van der Waals surface area (Å²) in [5.41, 5.74) is 0.645. The minimum Gasteiger partial charge on any atom is -0.355 e. The van der Waals surface area contributed by atoms with Gasteiger partial charge in [-0.25, -0.2) is 22.8 Å². The molecule has 4 rings (SSSR count). The van der Waals surface area contributed by atoms with Gasteiger partial charge in [0.15, 0.2) is 15.5 Å². The van der Waals surface area contributed by atoms with E-state index in [-0.39, 0.29) is 34.9 Å². The van der Waals surface area contributed by atoms with Crippen molar-refractivity contribution in [3.05, 3.63) is 47.7 Å². The van der Waals surface area contributed by atoms with Gasteiger partial charge in [-0.2, -0.15) is 5.26 Å². The molecule has 0 bridgehead atoms. The van der Waals surface area contributed by atoms with Crippen LogP contribution < -0.4 is 4.90 Å². The van der Waals surface area contributed by atoms with Gasteiger partial charge in [-0.1, -0.05) is 6.07 Å². The average molecular weight is 458 g/mol. The standard InChI is InChI=1S/C22H24FN5O3S/c1-32(30,31)19-3-2-15(20(23)11-19)10-16-4-9-28(22(16)29)18-5-7-27(8-6-18)21-14-25-17(12-24)13-26-21/h2-3,11,13-14,16,18H,4-10H2,1H3/t16-/m1/s1. The SMILES string of the molecule is CS(=O)(=O)c1ccc(C[C@H]2CCN(C3CCN(c4cnc(C#N)cn4)CC3)C2=O)c(F)c1. The van der Waals surface area contributed by atoms with E-state index in [1.165, 1.54) is 18.3 Å². The molecule has 0 radical (unpaired) electrons. The first-order chi connectivity index (χ1) is 15.3. The number of sulfone groups is 1. The minimum atomic E-state index is -3.47. The Morgan fingerprint density at radius 1 is 1.16 bits per heavy atom. The van der Waals surface area contributed by atoms with Crippen molar-refractivity contribution in [2.75, 3.05) is 30.8 Å². The van der Waals surface area contributed by atoms with E-state index in [1.54, 1.807) is 6.20 Å². The van der Waals surface area contributed by atoms with Crippen LogP contribution in [0.3, 0.4) is 0 Å². The van der Waals surface area contributed by atoms with Gasteiger partial charge in [-0.15, -0.1) is 0 Å².